The molecule has 0 aromatic heterocycles. The van der Waals surface area contributed by atoms with Gasteiger partial charge in [-0.05, 0) is 57.4 Å². The van der Waals surface area contributed by atoms with Gasteiger partial charge in [0, 0.05) is 12.8 Å². The van der Waals surface area contributed by atoms with Gasteiger partial charge in [-0.1, -0.05) is 360 Å². The second-order valence-electron chi connectivity index (χ2n) is 27.9. The molecule has 0 saturated heterocycles. The Morgan fingerprint density at radius 2 is 0.667 bits per heavy atom. The van der Waals surface area contributed by atoms with E-state index in [-0.39, 0.29) is 25.1 Å². The summed E-state index contributed by atoms with van der Waals surface area (Å²) in [5.74, 6) is -0.479. The van der Waals surface area contributed by atoms with Crippen LogP contribution in [-0.2, 0) is 27.9 Å². The second kappa shape index (κ2) is 67.4. The normalized spacial score (nSPS) is 13.5. The number of allylic oxidation sites excluding steroid dienone is 3. The van der Waals surface area contributed by atoms with Gasteiger partial charge in [-0.2, -0.15) is 0 Å². The molecule has 0 rings (SSSR count). The maximum Gasteiger partial charge on any atom is 0.472 e. The van der Waals surface area contributed by atoms with Crippen LogP contribution in [0.25, 0.3) is 0 Å². The molecule has 0 radical (unpaired) electrons. The molecule has 2 N–H and O–H groups in total. The van der Waals surface area contributed by atoms with Crippen LogP contribution in [0.5, 0.6) is 0 Å². The first kappa shape index (κ1) is 85.5. The number of amides is 1. The Balaban J connectivity index is 4.95. The van der Waals surface area contributed by atoms with Gasteiger partial charge in [0.15, 0.2) is 0 Å². The summed E-state index contributed by atoms with van der Waals surface area (Å²) in [6.07, 6.45) is 83.5. The lowest BCUT2D eigenvalue weighted by Gasteiger charge is -2.27. The first-order valence-electron chi connectivity index (χ1n) is 38.7. The summed E-state index contributed by atoms with van der Waals surface area (Å²) in [4.78, 5) is 38.0. The number of esters is 1. The van der Waals surface area contributed by atoms with Crippen molar-refractivity contribution in [2.45, 2.75) is 418 Å². The van der Waals surface area contributed by atoms with Crippen molar-refractivity contribution >= 4 is 19.7 Å². The Kier molecular flexibility index (Phi) is 66.2. The zero-order valence-corrected chi connectivity index (χ0v) is 60.2. The molecule has 0 aliphatic carbocycles. The van der Waals surface area contributed by atoms with Crippen LogP contribution >= 0.6 is 7.82 Å². The summed E-state index contributed by atoms with van der Waals surface area (Å²) in [5.41, 5.74) is 0. The van der Waals surface area contributed by atoms with Crippen molar-refractivity contribution in [1.29, 1.82) is 0 Å². The molecule has 0 aromatic rings. The fourth-order valence-corrected chi connectivity index (χ4v) is 12.7. The number of phosphoric ester groups is 1. The highest BCUT2D eigenvalue weighted by Crippen LogP contribution is 2.43. The third kappa shape index (κ3) is 68.7. The molecule has 516 valence electrons. The van der Waals surface area contributed by atoms with E-state index in [1.54, 1.807) is 0 Å². The van der Waals surface area contributed by atoms with Crippen LogP contribution < -0.4 is 5.32 Å². The molecule has 0 aliphatic rings. The molecule has 0 aromatic carbocycles. The van der Waals surface area contributed by atoms with E-state index in [0.29, 0.717) is 23.9 Å². The number of hydrogen-bond acceptors (Lipinski definition) is 6. The van der Waals surface area contributed by atoms with Crippen molar-refractivity contribution in [3.8, 4) is 0 Å². The summed E-state index contributed by atoms with van der Waals surface area (Å²) in [7, 11) is 1.52. The average Bonchev–Trinajstić information content (AvgIpc) is 3.69. The van der Waals surface area contributed by atoms with Crippen LogP contribution in [0.4, 0.5) is 0 Å². The number of likely N-dealkylation sites (N-methyl/N-ethyl adjacent to an activating group) is 1. The van der Waals surface area contributed by atoms with Crippen molar-refractivity contribution in [1.82, 2.24) is 5.32 Å². The molecule has 0 spiro atoms. The van der Waals surface area contributed by atoms with Gasteiger partial charge in [0.05, 0.1) is 33.8 Å². The van der Waals surface area contributed by atoms with E-state index in [9.17, 15) is 19.0 Å². The number of ether oxygens (including phenoxy) is 1. The minimum Gasteiger partial charge on any atom is -0.456 e. The van der Waals surface area contributed by atoms with Gasteiger partial charge in [0.2, 0.25) is 5.91 Å². The van der Waals surface area contributed by atoms with Crippen molar-refractivity contribution in [3.63, 3.8) is 0 Å². The minimum absolute atomic E-state index is 0.0444. The van der Waals surface area contributed by atoms with Gasteiger partial charge in [-0.3, -0.25) is 18.6 Å². The first-order valence-corrected chi connectivity index (χ1v) is 40.2. The molecule has 0 heterocycles. The lowest BCUT2D eigenvalue weighted by molar-refractivity contribution is -0.870. The van der Waals surface area contributed by atoms with Gasteiger partial charge in [-0.25, -0.2) is 4.57 Å². The quantitative estimate of drug-likeness (QED) is 0.0205. The highest BCUT2D eigenvalue weighted by molar-refractivity contribution is 7.47. The van der Waals surface area contributed by atoms with Crippen molar-refractivity contribution in [2.24, 2.45) is 0 Å². The molecule has 0 fully saturated rings. The van der Waals surface area contributed by atoms with Crippen LogP contribution in [0.2, 0.25) is 0 Å². The summed E-state index contributed by atoms with van der Waals surface area (Å²) in [6, 6.07) is -0.845. The van der Waals surface area contributed by atoms with E-state index in [1.165, 1.54) is 315 Å². The van der Waals surface area contributed by atoms with Crippen LogP contribution in [0.3, 0.4) is 0 Å². The second-order valence-corrected chi connectivity index (χ2v) is 29.3. The maximum absolute atomic E-state index is 13.6. The number of carbonyl (C=O) groups is 2. The Morgan fingerprint density at radius 1 is 0.391 bits per heavy atom. The molecular weight excluding hydrogens is 1100 g/mol. The van der Waals surface area contributed by atoms with Crippen LogP contribution in [0.1, 0.15) is 406 Å². The fourth-order valence-electron chi connectivity index (χ4n) is 11.9. The standard InChI is InChI=1S/C77H151N2O7P/c1-7-10-13-16-19-22-25-28-30-32-34-36-37-38-39-40-41-43-45-47-49-52-55-58-61-64-67-70-77(81)86-75(68-65-62-59-56-53-50-27-24-21-18-15-12-9-3)74(73-85-87(82,83)84-72-71-79(4,5)6)78-76(80)69-66-63-60-57-54-51-48-46-44-42-35-33-31-29-26-23-20-17-14-11-8-2/h29,31,65,68,74-75H,7-28,30,32-64,66-67,69-73H2,1-6H3,(H-,78,80,82,83)/p+1/b31-29+,68-65-. The number of nitrogens with one attached hydrogen (secondary N) is 1. The Bertz CT molecular complexity index is 1530. The number of nitrogens with zero attached hydrogens (tertiary/aromatic N) is 1. The average molecular weight is 1250 g/mol. The van der Waals surface area contributed by atoms with Crippen molar-refractivity contribution < 1.29 is 37.3 Å². The Hall–Kier alpha value is -1.51. The van der Waals surface area contributed by atoms with Crippen LogP contribution in [0, 0.1) is 0 Å². The predicted molar refractivity (Wildman–Crippen MR) is 379 cm³/mol. The number of unbranched alkanes of at least 4 members (excludes halogenated alkanes) is 54. The third-order valence-corrected chi connectivity index (χ3v) is 18.9. The van der Waals surface area contributed by atoms with Crippen LogP contribution in [-0.4, -0.2) is 74.3 Å². The van der Waals surface area contributed by atoms with Crippen molar-refractivity contribution in [2.75, 3.05) is 40.9 Å². The predicted octanol–water partition coefficient (Wildman–Crippen LogP) is 24.8. The summed E-state index contributed by atoms with van der Waals surface area (Å²) < 4.78 is 30.9. The van der Waals surface area contributed by atoms with E-state index in [4.69, 9.17) is 13.8 Å². The molecule has 0 bridgehead atoms. The third-order valence-electron chi connectivity index (χ3n) is 17.9. The van der Waals surface area contributed by atoms with E-state index in [2.05, 4.69) is 44.3 Å². The largest absolute Gasteiger partial charge is 0.472 e. The van der Waals surface area contributed by atoms with Gasteiger partial charge >= 0.3 is 13.8 Å². The molecular formula is C77H152N2O7P+. The topological polar surface area (TPSA) is 111 Å². The number of rotatable bonds is 72. The lowest BCUT2D eigenvalue weighted by atomic mass is 10.0. The summed E-state index contributed by atoms with van der Waals surface area (Å²) in [6.45, 7) is 7.09. The van der Waals surface area contributed by atoms with Gasteiger partial charge < -0.3 is 19.4 Å². The summed E-state index contributed by atoms with van der Waals surface area (Å²) >= 11 is 0. The smallest absolute Gasteiger partial charge is 0.456 e. The molecule has 0 aliphatic heterocycles. The van der Waals surface area contributed by atoms with E-state index >= 15 is 0 Å². The molecule has 10 heteroatoms. The molecule has 87 heavy (non-hydrogen) atoms. The summed E-state index contributed by atoms with van der Waals surface area (Å²) in [5, 5.41) is 3.09. The number of phosphoric acid groups is 1. The Morgan fingerprint density at radius 3 is 0.977 bits per heavy atom. The van der Waals surface area contributed by atoms with E-state index in [0.717, 1.165) is 57.8 Å². The highest BCUT2D eigenvalue weighted by atomic mass is 31.2. The van der Waals surface area contributed by atoms with E-state index < -0.39 is 20.0 Å². The zero-order chi connectivity index (χ0) is 63.5. The van der Waals surface area contributed by atoms with Gasteiger partial charge in [0.25, 0.3) is 0 Å². The van der Waals surface area contributed by atoms with E-state index in [1.807, 2.05) is 27.2 Å². The molecule has 3 unspecified atom stereocenters. The maximum atomic E-state index is 13.6. The molecule has 3 atom stereocenters. The molecule has 0 saturated carbocycles. The SMILES string of the molecule is CCCCCCCC/C=C/CCCCCCCCCCCCCC(=O)NC(COP(=O)(O)OCC[N+](C)(C)C)C(/C=C\CCCCCCCCCCCCC)OC(=O)CCCCCCCCCCCCCCCCCCCCCCCCCCCCC. The fraction of sp³-hybridized carbons (Fsp3) is 0.922. The highest BCUT2D eigenvalue weighted by Gasteiger charge is 2.30. The Labute approximate surface area is 543 Å². The van der Waals surface area contributed by atoms with Crippen LogP contribution in [0.15, 0.2) is 24.3 Å². The number of quaternary nitrogens is 1. The van der Waals surface area contributed by atoms with Gasteiger partial charge in [0.1, 0.15) is 19.3 Å². The number of carbonyl (C=O) groups excluding carboxylic acids is 2. The first-order chi connectivity index (χ1) is 42.4. The number of hydrogen-bond donors (Lipinski definition) is 2. The zero-order valence-electron chi connectivity index (χ0n) is 59.3. The monoisotopic (exact) mass is 1250 g/mol. The minimum atomic E-state index is -4.45. The molecule has 1 amide bonds. The van der Waals surface area contributed by atoms with Gasteiger partial charge in [-0.15, -0.1) is 0 Å². The lowest BCUT2D eigenvalue weighted by Crippen LogP contribution is -2.47. The molecule has 9 nitrogen and oxygen atoms in total. The van der Waals surface area contributed by atoms with Crippen molar-refractivity contribution in [3.05, 3.63) is 24.3 Å².